The van der Waals surface area contributed by atoms with E-state index in [1.54, 1.807) is 6.26 Å². The van der Waals surface area contributed by atoms with Crippen LogP contribution in [0.4, 0.5) is 0 Å². The molecule has 0 aliphatic rings. The maximum Gasteiger partial charge on any atom is 0.124 e. The molecule has 0 unspecified atom stereocenters. The molecule has 0 amide bonds. The second-order valence-corrected chi connectivity index (χ2v) is 4.93. The summed E-state index contributed by atoms with van der Waals surface area (Å²) in [5, 5.41) is 3.82. The Hall–Kier alpha value is -1.81. The molecule has 0 aliphatic heterocycles. The van der Waals surface area contributed by atoms with E-state index in [0.717, 1.165) is 43.9 Å². The van der Waals surface area contributed by atoms with Crippen molar-refractivity contribution in [2.45, 2.75) is 53.4 Å². The molecule has 24 heavy (non-hydrogen) atoms. The van der Waals surface area contributed by atoms with Gasteiger partial charge in [-0.2, -0.15) is 0 Å². The summed E-state index contributed by atoms with van der Waals surface area (Å²) in [6, 6.07) is 11.7. The van der Waals surface area contributed by atoms with Gasteiger partial charge in [0.1, 0.15) is 12.0 Å². The molecule has 0 aliphatic carbocycles. The average Bonchev–Trinajstić information content (AvgIpc) is 3.14. The first-order valence-corrected chi connectivity index (χ1v) is 9.01. The molecule has 1 aromatic heterocycles. The van der Waals surface area contributed by atoms with E-state index in [4.69, 9.17) is 14.0 Å². The molecule has 0 radical (unpaired) electrons. The molecule has 2 aromatic rings. The van der Waals surface area contributed by atoms with Crippen molar-refractivity contribution in [1.82, 2.24) is 5.16 Å². The fourth-order valence-corrected chi connectivity index (χ4v) is 1.66. The normalized spacial score (nSPS) is 9.33. The first kappa shape index (κ1) is 22.2. The number of para-hydroxylation sites is 1. The fraction of sp³-hybridized carbons (Fsp3) is 0.550. The summed E-state index contributed by atoms with van der Waals surface area (Å²) < 4.78 is 15.9. The number of aromatic nitrogens is 1. The molecule has 4 nitrogen and oxygen atoms in total. The number of nitrogens with zero attached hydrogens (tertiary/aromatic N) is 1. The summed E-state index contributed by atoms with van der Waals surface area (Å²) >= 11 is 0. The zero-order chi connectivity index (χ0) is 17.9. The van der Waals surface area contributed by atoms with Crippen LogP contribution in [0.3, 0.4) is 0 Å². The van der Waals surface area contributed by atoms with E-state index in [0.29, 0.717) is 6.61 Å². The van der Waals surface area contributed by atoms with Crippen LogP contribution >= 0.6 is 0 Å². The lowest BCUT2D eigenvalue weighted by Gasteiger charge is -2.06. The highest BCUT2D eigenvalue weighted by Gasteiger charge is 1.97. The molecule has 0 fully saturated rings. The number of rotatable bonds is 9. The minimum atomic E-state index is 0.687. The Balaban J connectivity index is 0.000000952. The van der Waals surface area contributed by atoms with Crippen LogP contribution in [0, 0.1) is 0 Å². The Labute approximate surface area is 147 Å². The van der Waals surface area contributed by atoms with Crippen LogP contribution in [-0.2, 0) is 11.2 Å². The summed E-state index contributed by atoms with van der Waals surface area (Å²) in [7, 11) is 0. The minimum absolute atomic E-state index is 0.687. The predicted octanol–water partition coefficient (Wildman–Crippen LogP) is 5.54. The van der Waals surface area contributed by atoms with Gasteiger partial charge in [-0.3, -0.25) is 0 Å². The van der Waals surface area contributed by atoms with Gasteiger partial charge in [-0.25, -0.2) is 0 Å². The van der Waals surface area contributed by atoms with Gasteiger partial charge in [0.15, 0.2) is 0 Å². The zero-order valence-electron chi connectivity index (χ0n) is 15.7. The SMILES string of the molecule is CC.CCC.c1ccc(OCCCCOCCc2ccon2)cc1. The first-order chi connectivity index (χ1) is 11.9. The molecule has 0 saturated carbocycles. The van der Waals surface area contributed by atoms with Crippen LogP contribution in [-0.4, -0.2) is 25.0 Å². The molecule has 0 bridgehead atoms. The first-order valence-electron chi connectivity index (χ1n) is 9.01. The van der Waals surface area contributed by atoms with E-state index in [1.165, 1.54) is 6.42 Å². The van der Waals surface area contributed by atoms with Gasteiger partial charge >= 0.3 is 0 Å². The molecule has 1 aromatic carbocycles. The number of unbranched alkanes of at least 4 members (excludes halogenated alkanes) is 1. The van der Waals surface area contributed by atoms with E-state index >= 15 is 0 Å². The lowest BCUT2D eigenvalue weighted by Crippen LogP contribution is -2.03. The summed E-state index contributed by atoms with van der Waals surface area (Å²) in [6.07, 6.45) is 5.64. The standard InChI is InChI=1S/C15H19NO3.C3H8.C2H6/c1-2-6-15(7-3-1)18-11-5-4-10-17-12-8-14-9-13-19-16-14;1-3-2;1-2/h1-3,6-7,9,13H,4-5,8,10-12H2;3H2,1-2H3;1-2H3. The summed E-state index contributed by atoms with van der Waals surface area (Å²) in [5.74, 6) is 0.925. The molecule has 0 atom stereocenters. The number of hydrogen-bond donors (Lipinski definition) is 0. The Morgan fingerprint density at radius 3 is 2.21 bits per heavy atom. The quantitative estimate of drug-likeness (QED) is 0.565. The van der Waals surface area contributed by atoms with Crippen molar-refractivity contribution < 1.29 is 14.0 Å². The van der Waals surface area contributed by atoms with E-state index in [9.17, 15) is 0 Å². The van der Waals surface area contributed by atoms with Crippen LogP contribution < -0.4 is 4.74 Å². The zero-order valence-corrected chi connectivity index (χ0v) is 15.7. The third-order valence-electron chi connectivity index (χ3n) is 2.69. The highest BCUT2D eigenvalue weighted by atomic mass is 16.5. The van der Waals surface area contributed by atoms with Crippen LogP contribution in [0.5, 0.6) is 5.75 Å². The van der Waals surface area contributed by atoms with E-state index in [1.807, 2.05) is 50.2 Å². The second-order valence-electron chi connectivity index (χ2n) is 4.93. The number of hydrogen-bond acceptors (Lipinski definition) is 4. The average molecular weight is 335 g/mol. The van der Waals surface area contributed by atoms with Crippen molar-refractivity contribution >= 4 is 0 Å². The van der Waals surface area contributed by atoms with Gasteiger partial charge in [0.05, 0.1) is 18.9 Å². The Morgan fingerprint density at radius 1 is 0.917 bits per heavy atom. The number of ether oxygens (including phenoxy) is 2. The largest absolute Gasteiger partial charge is 0.494 e. The Kier molecular flexibility index (Phi) is 16.2. The minimum Gasteiger partial charge on any atom is -0.494 e. The van der Waals surface area contributed by atoms with Crippen molar-refractivity contribution in [1.29, 1.82) is 0 Å². The van der Waals surface area contributed by atoms with Crippen LogP contribution in [0.25, 0.3) is 0 Å². The molecule has 1 heterocycles. The summed E-state index contributed by atoms with van der Waals surface area (Å²) in [6.45, 7) is 10.4. The summed E-state index contributed by atoms with van der Waals surface area (Å²) in [5.41, 5.74) is 0.937. The molecule has 0 N–H and O–H groups in total. The molecule has 0 saturated heterocycles. The van der Waals surface area contributed by atoms with Crippen molar-refractivity contribution in [3.63, 3.8) is 0 Å². The number of benzene rings is 1. The van der Waals surface area contributed by atoms with Gasteiger partial charge in [0.2, 0.25) is 0 Å². The lowest BCUT2D eigenvalue weighted by atomic mass is 10.3. The highest BCUT2D eigenvalue weighted by molar-refractivity contribution is 5.20. The topological polar surface area (TPSA) is 44.5 Å². The lowest BCUT2D eigenvalue weighted by molar-refractivity contribution is 0.128. The maximum atomic E-state index is 5.59. The van der Waals surface area contributed by atoms with Crippen molar-refractivity contribution in [3.05, 3.63) is 48.4 Å². The molecular weight excluding hydrogens is 302 g/mol. The van der Waals surface area contributed by atoms with E-state index < -0.39 is 0 Å². The van der Waals surface area contributed by atoms with Gasteiger partial charge in [-0.15, -0.1) is 0 Å². The van der Waals surface area contributed by atoms with Gasteiger partial charge in [-0.1, -0.05) is 57.5 Å². The Morgan fingerprint density at radius 2 is 1.58 bits per heavy atom. The molecule has 136 valence electrons. The third kappa shape index (κ3) is 12.7. The molecule has 0 spiro atoms. The van der Waals surface area contributed by atoms with Crippen molar-refractivity contribution in [2.75, 3.05) is 19.8 Å². The molecule has 4 heteroatoms. The summed E-state index contributed by atoms with van der Waals surface area (Å²) in [4.78, 5) is 0. The van der Waals surface area contributed by atoms with Crippen molar-refractivity contribution in [2.24, 2.45) is 0 Å². The molecular formula is C20H33NO3. The smallest absolute Gasteiger partial charge is 0.124 e. The Bertz CT molecular complexity index is 443. The van der Waals surface area contributed by atoms with E-state index in [-0.39, 0.29) is 0 Å². The van der Waals surface area contributed by atoms with Gasteiger partial charge in [-0.05, 0) is 25.0 Å². The van der Waals surface area contributed by atoms with Crippen LogP contribution in [0.2, 0.25) is 0 Å². The van der Waals surface area contributed by atoms with Crippen LogP contribution in [0.15, 0.2) is 47.2 Å². The van der Waals surface area contributed by atoms with Gasteiger partial charge in [0, 0.05) is 19.1 Å². The third-order valence-corrected chi connectivity index (χ3v) is 2.69. The fourth-order valence-electron chi connectivity index (χ4n) is 1.66. The molecule has 2 rings (SSSR count). The predicted molar refractivity (Wildman–Crippen MR) is 99.5 cm³/mol. The van der Waals surface area contributed by atoms with E-state index in [2.05, 4.69) is 19.0 Å². The van der Waals surface area contributed by atoms with Gasteiger partial charge in [0.25, 0.3) is 0 Å². The van der Waals surface area contributed by atoms with Crippen molar-refractivity contribution in [3.8, 4) is 5.75 Å². The maximum absolute atomic E-state index is 5.59. The highest BCUT2D eigenvalue weighted by Crippen LogP contribution is 2.08. The van der Waals surface area contributed by atoms with Gasteiger partial charge < -0.3 is 14.0 Å². The second kappa shape index (κ2) is 17.5. The van der Waals surface area contributed by atoms with Crippen LogP contribution in [0.1, 0.15) is 52.7 Å². The monoisotopic (exact) mass is 335 g/mol.